The first kappa shape index (κ1) is 20.6. The lowest BCUT2D eigenvalue weighted by Crippen LogP contribution is -2.35. The SMILES string of the molecule is Cc1ccccc1C(I)(I)S(=O)(=O)C(I)(I)c1ccccc1C. The highest BCUT2D eigenvalue weighted by Gasteiger charge is 2.54. The van der Waals surface area contributed by atoms with Crippen molar-refractivity contribution >= 4 is 100 Å². The number of hydrogen-bond acceptors (Lipinski definition) is 2. The number of alkyl halides is 4. The molecule has 0 saturated carbocycles. The fourth-order valence-corrected chi connectivity index (χ4v) is 15.0. The molecule has 0 heterocycles. The summed E-state index contributed by atoms with van der Waals surface area (Å²) in [6.07, 6.45) is 0. The van der Waals surface area contributed by atoms with Gasteiger partial charge in [0, 0.05) is 0 Å². The monoisotopic (exact) mass is 778 g/mol. The second-order valence-electron chi connectivity index (χ2n) is 5.17. The van der Waals surface area contributed by atoms with Crippen LogP contribution < -0.4 is 0 Å². The average Bonchev–Trinajstić information content (AvgIpc) is 2.47. The fraction of sp³-hybridized carbons (Fsp3) is 0.250. The van der Waals surface area contributed by atoms with Gasteiger partial charge in [0.1, 0.15) is 0 Å². The summed E-state index contributed by atoms with van der Waals surface area (Å²) in [5.74, 6) is 0. The van der Waals surface area contributed by atoms with Crippen LogP contribution in [0.1, 0.15) is 22.3 Å². The highest BCUT2D eigenvalue weighted by atomic mass is 127. The predicted octanol–water partition coefficient (Wildman–Crippen LogP) is 6.38. The number of hydrogen-bond donors (Lipinski definition) is 0. The molecule has 2 aromatic carbocycles. The standard InChI is InChI=1S/C16H14I4O2S/c1-11-7-3-5-9-13(11)15(17,18)23(21,22)16(19,20)14-10-6-4-8-12(14)2/h3-10H,1-2H3. The zero-order valence-corrected chi connectivity index (χ0v) is 21.8. The van der Waals surface area contributed by atoms with Crippen LogP contribution in [0.2, 0.25) is 0 Å². The molecule has 0 aromatic heterocycles. The van der Waals surface area contributed by atoms with Gasteiger partial charge in [-0.1, -0.05) is 48.5 Å². The highest BCUT2D eigenvalue weighted by molar-refractivity contribution is 14.2. The topological polar surface area (TPSA) is 34.1 Å². The molecule has 0 atom stereocenters. The molecule has 124 valence electrons. The van der Waals surface area contributed by atoms with Crippen molar-refractivity contribution in [1.82, 2.24) is 0 Å². The maximum absolute atomic E-state index is 13.5. The van der Waals surface area contributed by atoms with Gasteiger partial charge in [0.15, 0.2) is 0 Å². The average molecular weight is 778 g/mol. The van der Waals surface area contributed by atoms with E-state index in [-0.39, 0.29) is 0 Å². The van der Waals surface area contributed by atoms with Gasteiger partial charge in [-0.15, -0.1) is 0 Å². The van der Waals surface area contributed by atoms with E-state index >= 15 is 0 Å². The second kappa shape index (κ2) is 7.51. The van der Waals surface area contributed by atoms with E-state index in [9.17, 15) is 8.42 Å². The van der Waals surface area contributed by atoms with Crippen molar-refractivity contribution in [3.05, 3.63) is 70.8 Å². The lowest BCUT2D eigenvalue weighted by atomic mass is 10.1. The van der Waals surface area contributed by atoms with E-state index in [2.05, 4.69) is 90.4 Å². The van der Waals surface area contributed by atoms with Crippen LogP contribution in [0, 0.1) is 13.8 Å². The van der Waals surface area contributed by atoms with Crippen molar-refractivity contribution in [2.24, 2.45) is 0 Å². The van der Waals surface area contributed by atoms with Crippen molar-refractivity contribution in [2.75, 3.05) is 0 Å². The number of sulfone groups is 1. The summed E-state index contributed by atoms with van der Waals surface area (Å²) in [4.78, 5) is 0. The molecule has 0 bridgehead atoms. The van der Waals surface area contributed by atoms with Gasteiger partial charge >= 0.3 is 0 Å². The number of halogens is 4. The minimum Gasteiger partial charge on any atom is -0.224 e. The molecule has 0 aliphatic heterocycles. The largest absolute Gasteiger partial charge is 0.224 e. The Balaban J connectivity index is 2.66. The number of rotatable bonds is 4. The first-order valence-corrected chi connectivity index (χ1v) is 12.5. The van der Waals surface area contributed by atoms with E-state index in [4.69, 9.17) is 0 Å². The van der Waals surface area contributed by atoms with Gasteiger partial charge in [-0.3, -0.25) is 0 Å². The van der Waals surface area contributed by atoms with E-state index in [1.165, 1.54) is 0 Å². The summed E-state index contributed by atoms with van der Waals surface area (Å²) in [5, 5.41) is 0. The molecule has 0 fully saturated rings. The molecule has 23 heavy (non-hydrogen) atoms. The minimum atomic E-state index is -3.54. The highest BCUT2D eigenvalue weighted by Crippen LogP contribution is 2.58. The van der Waals surface area contributed by atoms with Crippen LogP contribution in [0.15, 0.2) is 48.5 Å². The van der Waals surface area contributed by atoms with E-state index in [1.807, 2.05) is 62.4 Å². The Bertz CT molecular complexity index is 766. The third-order valence-electron chi connectivity index (χ3n) is 3.59. The molecular weight excluding hydrogens is 764 g/mol. The third kappa shape index (κ3) is 3.72. The van der Waals surface area contributed by atoms with Crippen molar-refractivity contribution in [1.29, 1.82) is 0 Å². The van der Waals surface area contributed by atoms with Gasteiger partial charge in [-0.25, -0.2) is 8.42 Å². The molecule has 2 nitrogen and oxygen atoms in total. The Kier molecular flexibility index (Phi) is 6.73. The van der Waals surface area contributed by atoms with Crippen LogP contribution in [0.5, 0.6) is 0 Å². The fourth-order valence-electron chi connectivity index (χ4n) is 2.25. The molecule has 2 aromatic rings. The van der Waals surface area contributed by atoms with Crippen molar-refractivity contribution in [3.8, 4) is 0 Å². The van der Waals surface area contributed by atoms with Crippen LogP contribution in [0.4, 0.5) is 0 Å². The molecule has 7 heteroatoms. The summed E-state index contributed by atoms with van der Waals surface area (Å²) in [6.45, 7) is 3.90. The maximum Gasteiger partial charge on any atom is 0.207 e. The molecule has 0 saturated heterocycles. The molecule has 2 rings (SSSR count). The lowest BCUT2D eigenvalue weighted by molar-refractivity contribution is 0.592. The van der Waals surface area contributed by atoms with Crippen LogP contribution in [0.25, 0.3) is 0 Å². The normalized spacial score (nSPS) is 13.1. The van der Waals surface area contributed by atoms with E-state index in [1.54, 1.807) is 0 Å². The second-order valence-corrected chi connectivity index (χ2v) is 20.9. The summed E-state index contributed by atoms with van der Waals surface area (Å²) in [7, 11) is -3.54. The Hall–Kier alpha value is 1.31. The Morgan fingerprint density at radius 1 is 0.696 bits per heavy atom. The molecule has 0 radical (unpaired) electrons. The van der Waals surface area contributed by atoms with Gasteiger partial charge in [0.25, 0.3) is 0 Å². The van der Waals surface area contributed by atoms with Crippen LogP contribution in [-0.2, 0) is 11.4 Å². The van der Waals surface area contributed by atoms with Crippen LogP contribution >= 0.6 is 90.4 Å². The third-order valence-corrected chi connectivity index (χ3v) is 14.7. The Morgan fingerprint density at radius 3 is 1.30 bits per heavy atom. The summed E-state index contributed by atoms with van der Waals surface area (Å²) in [5.41, 5.74) is 3.61. The quantitative estimate of drug-likeness (QED) is 0.267. The maximum atomic E-state index is 13.5. The minimum absolute atomic E-state index is 0.826. The van der Waals surface area contributed by atoms with Gasteiger partial charge in [-0.05, 0) is 126 Å². The summed E-state index contributed by atoms with van der Waals surface area (Å²) < 4.78 is 25.0. The summed E-state index contributed by atoms with van der Waals surface area (Å²) in [6, 6.07) is 15.3. The first-order valence-electron chi connectivity index (χ1n) is 6.65. The number of aryl methyl sites for hydroxylation is 2. The zero-order valence-electron chi connectivity index (χ0n) is 12.4. The van der Waals surface area contributed by atoms with Gasteiger partial charge in [-0.2, -0.15) is 0 Å². The molecule has 0 aliphatic rings. The van der Waals surface area contributed by atoms with Crippen LogP contribution in [0.3, 0.4) is 0 Å². The Labute approximate surface area is 192 Å². The zero-order chi connectivity index (χ0) is 17.5. The van der Waals surface area contributed by atoms with Gasteiger partial charge in [0.2, 0.25) is 11.4 Å². The van der Waals surface area contributed by atoms with Crippen molar-refractivity contribution in [2.45, 2.75) is 15.4 Å². The van der Waals surface area contributed by atoms with Gasteiger partial charge < -0.3 is 0 Å². The molecule has 0 amide bonds. The predicted molar refractivity (Wildman–Crippen MR) is 131 cm³/mol. The Morgan fingerprint density at radius 2 is 1.00 bits per heavy atom. The summed E-state index contributed by atoms with van der Waals surface area (Å²) >= 11 is 8.25. The van der Waals surface area contributed by atoms with E-state index < -0.39 is 11.4 Å². The van der Waals surface area contributed by atoms with Gasteiger partial charge in [0.05, 0.1) is 0 Å². The van der Waals surface area contributed by atoms with E-state index in [0.717, 1.165) is 22.3 Å². The van der Waals surface area contributed by atoms with Crippen LogP contribution in [-0.4, -0.2) is 8.42 Å². The first-order chi connectivity index (χ1) is 10.5. The molecule has 0 aliphatic carbocycles. The molecule has 0 unspecified atom stereocenters. The number of benzene rings is 2. The molecule has 0 spiro atoms. The smallest absolute Gasteiger partial charge is 0.207 e. The molecular formula is C16H14I4O2S. The molecule has 0 N–H and O–H groups in total. The lowest BCUT2D eigenvalue weighted by Gasteiger charge is -2.32. The van der Waals surface area contributed by atoms with Crippen molar-refractivity contribution < 1.29 is 8.42 Å². The van der Waals surface area contributed by atoms with Crippen molar-refractivity contribution in [3.63, 3.8) is 0 Å². The van der Waals surface area contributed by atoms with E-state index in [0.29, 0.717) is 0 Å².